The fraction of sp³-hybridized carbons (Fsp3) is 0.455. The molecular formula is C22H29ClN6O6S. The second-order valence-corrected chi connectivity index (χ2v) is 10.2. The minimum absolute atomic E-state index is 0.0316. The molecule has 3 aromatic rings. The van der Waals surface area contributed by atoms with E-state index in [9.17, 15) is 8.42 Å². The van der Waals surface area contributed by atoms with Gasteiger partial charge in [-0.15, -0.1) is 10.2 Å². The Labute approximate surface area is 215 Å². The average Bonchev–Trinajstić information content (AvgIpc) is 3.26. The quantitative estimate of drug-likeness (QED) is 0.322. The van der Waals surface area contributed by atoms with Crippen LogP contribution < -0.4 is 14.2 Å². The highest BCUT2D eigenvalue weighted by molar-refractivity contribution is 7.93. The van der Waals surface area contributed by atoms with Gasteiger partial charge in [0.25, 0.3) is 0 Å². The zero-order valence-electron chi connectivity index (χ0n) is 20.6. The summed E-state index contributed by atoms with van der Waals surface area (Å²) < 4.78 is 52.6. The summed E-state index contributed by atoms with van der Waals surface area (Å²) in [5.41, 5.74) is 0.414. The molecule has 2 heterocycles. The molecule has 0 saturated carbocycles. The predicted octanol–water partition coefficient (Wildman–Crippen LogP) is 2.82. The van der Waals surface area contributed by atoms with Gasteiger partial charge < -0.3 is 18.9 Å². The summed E-state index contributed by atoms with van der Waals surface area (Å²) in [7, 11) is 0.574. The van der Waals surface area contributed by atoms with E-state index in [-0.39, 0.29) is 12.6 Å². The third kappa shape index (κ3) is 6.22. The molecule has 0 bridgehead atoms. The van der Waals surface area contributed by atoms with Gasteiger partial charge in [-0.2, -0.15) is 0 Å². The number of benzene rings is 1. The van der Waals surface area contributed by atoms with Crippen molar-refractivity contribution in [1.29, 1.82) is 0 Å². The van der Waals surface area contributed by atoms with Crippen molar-refractivity contribution in [2.45, 2.75) is 31.6 Å². The van der Waals surface area contributed by atoms with Gasteiger partial charge in [0.1, 0.15) is 29.6 Å². The lowest BCUT2D eigenvalue weighted by Crippen LogP contribution is -2.31. The van der Waals surface area contributed by atoms with Gasteiger partial charge in [-0.05, 0) is 19.1 Å². The molecule has 14 heteroatoms. The maximum absolute atomic E-state index is 13.4. The number of sulfonamides is 1. The van der Waals surface area contributed by atoms with Crippen LogP contribution in [0.3, 0.4) is 0 Å². The third-order valence-electron chi connectivity index (χ3n) is 5.49. The summed E-state index contributed by atoms with van der Waals surface area (Å²) in [6, 6.07) is 5.18. The highest BCUT2D eigenvalue weighted by atomic mass is 35.5. The summed E-state index contributed by atoms with van der Waals surface area (Å²) in [6.45, 7) is 4.00. The Morgan fingerprint density at radius 2 is 1.67 bits per heavy atom. The smallest absolute Gasteiger partial charge is 0.243 e. The largest absolute Gasteiger partial charge is 0.494 e. The zero-order chi connectivity index (χ0) is 26.3. The van der Waals surface area contributed by atoms with Crippen molar-refractivity contribution in [3.05, 3.63) is 47.3 Å². The number of rotatable bonds is 13. The predicted molar refractivity (Wildman–Crippen MR) is 133 cm³/mol. The zero-order valence-corrected chi connectivity index (χ0v) is 22.2. The average molecular weight is 541 g/mol. The van der Waals surface area contributed by atoms with Crippen LogP contribution in [0.25, 0.3) is 5.69 Å². The van der Waals surface area contributed by atoms with Crippen LogP contribution in [0.1, 0.15) is 31.4 Å². The van der Waals surface area contributed by atoms with E-state index in [4.69, 9.17) is 30.5 Å². The number of hydrogen-bond acceptors (Lipinski definition) is 10. The van der Waals surface area contributed by atoms with Crippen LogP contribution in [0.5, 0.6) is 11.5 Å². The van der Waals surface area contributed by atoms with Gasteiger partial charge in [0.2, 0.25) is 16.0 Å². The molecule has 0 saturated heterocycles. The van der Waals surface area contributed by atoms with Gasteiger partial charge in [-0.25, -0.2) is 18.4 Å². The molecule has 0 aliphatic carbocycles. The third-order valence-corrected chi connectivity index (χ3v) is 7.54. The van der Waals surface area contributed by atoms with Crippen LogP contribution >= 0.6 is 11.6 Å². The van der Waals surface area contributed by atoms with E-state index in [1.165, 1.54) is 31.2 Å². The molecule has 2 aromatic heterocycles. The number of nitrogens with one attached hydrogen (secondary N) is 1. The summed E-state index contributed by atoms with van der Waals surface area (Å²) >= 11 is 5.86. The van der Waals surface area contributed by atoms with Crippen molar-refractivity contribution in [2.24, 2.45) is 0 Å². The molecule has 0 aliphatic heterocycles. The second kappa shape index (κ2) is 12.3. The lowest BCUT2D eigenvalue weighted by Gasteiger charge is -2.21. The molecule has 2 atom stereocenters. The number of para-hydroxylation sites is 1. The van der Waals surface area contributed by atoms with Crippen molar-refractivity contribution in [3.8, 4) is 17.2 Å². The summed E-state index contributed by atoms with van der Waals surface area (Å²) in [5, 5.41) is 7.71. The fourth-order valence-corrected chi connectivity index (χ4v) is 4.65. The summed E-state index contributed by atoms with van der Waals surface area (Å²) in [5.74, 6) is 0.908. The molecule has 3 rings (SSSR count). The first-order chi connectivity index (χ1) is 17.2. The van der Waals surface area contributed by atoms with Crippen molar-refractivity contribution in [1.82, 2.24) is 24.7 Å². The molecular weight excluding hydrogens is 512 g/mol. The minimum Gasteiger partial charge on any atom is -0.494 e. The topological polar surface area (TPSA) is 140 Å². The number of ether oxygens (including phenoxy) is 4. The Kier molecular flexibility index (Phi) is 9.43. The number of aromatic nitrogens is 5. The first kappa shape index (κ1) is 27.6. The number of hydrogen-bond donors (Lipinski definition) is 1. The Morgan fingerprint density at radius 3 is 2.25 bits per heavy atom. The minimum atomic E-state index is -3.99. The molecule has 0 spiro atoms. The SMILES string of the molecule is COCCOCc1nnc(NS(=O)(=O)[C@@H](C)[C@H](C)c2ncc(Cl)cn2)n1-c1c(OC)cccc1OC. The first-order valence-electron chi connectivity index (χ1n) is 10.9. The van der Waals surface area contributed by atoms with Crippen LogP contribution in [0, 0.1) is 0 Å². The van der Waals surface area contributed by atoms with Crippen LogP contribution in [0.4, 0.5) is 5.95 Å². The van der Waals surface area contributed by atoms with E-state index in [1.807, 2.05) is 0 Å². The van der Waals surface area contributed by atoms with Crippen molar-refractivity contribution < 1.29 is 27.4 Å². The van der Waals surface area contributed by atoms with Gasteiger partial charge in [0, 0.05) is 25.4 Å². The Bertz CT molecular complexity index is 1230. The normalized spacial score (nSPS) is 13.3. The highest BCUT2D eigenvalue weighted by Crippen LogP contribution is 2.36. The molecule has 0 fully saturated rings. The molecule has 36 heavy (non-hydrogen) atoms. The number of methoxy groups -OCH3 is 3. The maximum atomic E-state index is 13.4. The van der Waals surface area contributed by atoms with Crippen LogP contribution in [-0.4, -0.2) is 72.9 Å². The second-order valence-electron chi connectivity index (χ2n) is 7.73. The lowest BCUT2D eigenvalue weighted by molar-refractivity contribution is 0.0580. The van der Waals surface area contributed by atoms with Crippen LogP contribution in [0.2, 0.25) is 5.02 Å². The van der Waals surface area contributed by atoms with Crippen molar-refractivity contribution in [2.75, 3.05) is 39.3 Å². The molecule has 196 valence electrons. The molecule has 0 amide bonds. The van der Waals surface area contributed by atoms with Gasteiger partial charge in [0.05, 0.1) is 37.7 Å². The van der Waals surface area contributed by atoms with E-state index >= 15 is 0 Å². The Morgan fingerprint density at radius 1 is 1.03 bits per heavy atom. The molecule has 12 nitrogen and oxygen atoms in total. The fourth-order valence-electron chi connectivity index (χ4n) is 3.33. The van der Waals surface area contributed by atoms with Gasteiger partial charge in [0.15, 0.2) is 5.82 Å². The van der Waals surface area contributed by atoms with Gasteiger partial charge in [-0.3, -0.25) is 9.29 Å². The Balaban J connectivity index is 2.01. The lowest BCUT2D eigenvalue weighted by atomic mass is 10.1. The molecule has 0 aliphatic rings. The van der Waals surface area contributed by atoms with E-state index < -0.39 is 21.2 Å². The van der Waals surface area contributed by atoms with Crippen LogP contribution in [0.15, 0.2) is 30.6 Å². The number of nitrogens with zero attached hydrogens (tertiary/aromatic N) is 5. The van der Waals surface area contributed by atoms with E-state index in [2.05, 4.69) is 24.9 Å². The highest BCUT2D eigenvalue weighted by Gasteiger charge is 2.32. The monoisotopic (exact) mass is 540 g/mol. The maximum Gasteiger partial charge on any atom is 0.243 e. The molecule has 0 unspecified atom stereocenters. The standard InChI is InChI=1S/C22H29ClN6O6S/c1-14(21-24-11-16(23)12-25-21)15(2)36(30,31)28-22-27-26-19(13-35-10-9-32-3)29(22)20-17(33-4)7-6-8-18(20)34-5/h6-8,11-12,14-15H,9-10,13H2,1-5H3,(H,27,28)/t14-,15-/m0/s1. The first-order valence-corrected chi connectivity index (χ1v) is 12.9. The van der Waals surface area contributed by atoms with E-state index in [0.717, 1.165) is 0 Å². The summed E-state index contributed by atoms with van der Waals surface area (Å²) in [6.07, 6.45) is 2.85. The van der Waals surface area contributed by atoms with Gasteiger partial charge >= 0.3 is 0 Å². The molecule has 1 aromatic carbocycles. The number of anilines is 1. The summed E-state index contributed by atoms with van der Waals surface area (Å²) in [4.78, 5) is 8.31. The molecule has 1 N–H and O–H groups in total. The number of halogens is 1. The van der Waals surface area contributed by atoms with Crippen molar-refractivity contribution in [3.63, 3.8) is 0 Å². The van der Waals surface area contributed by atoms with Crippen LogP contribution in [-0.2, 0) is 26.1 Å². The van der Waals surface area contributed by atoms with E-state index in [1.54, 1.807) is 39.2 Å². The Hall–Kier alpha value is -3.00. The van der Waals surface area contributed by atoms with Gasteiger partial charge in [-0.1, -0.05) is 24.6 Å². The van der Waals surface area contributed by atoms with E-state index in [0.29, 0.717) is 47.1 Å². The van der Waals surface area contributed by atoms with Crippen molar-refractivity contribution >= 4 is 27.6 Å². The molecule has 0 radical (unpaired) electrons.